The van der Waals surface area contributed by atoms with E-state index in [2.05, 4.69) is 57.4 Å². The summed E-state index contributed by atoms with van der Waals surface area (Å²) in [6.45, 7) is 5.62. The van der Waals surface area contributed by atoms with Crippen LogP contribution in [-0.2, 0) is 35.8 Å². The number of hydrogen-bond acceptors (Lipinski definition) is 11. The highest BCUT2D eigenvalue weighted by Crippen LogP contribution is 2.39. The molecule has 0 amide bonds. The van der Waals surface area contributed by atoms with Gasteiger partial charge in [0.25, 0.3) is 0 Å². The Hall–Kier alpha value is -5.23. The number of likely N-dealkylation sites (tertiary alicyclic amines) is 1. The molecule has 4 aromatic rings. The van der Waals surface area contributed by atoms with Crippen LogP contribution in [0, 0.1) is 18.3 Å². The van der Waals surface area contributed by atoms with E-state index in [0.717, 1.165) is 49.2 Å². The minimum absolute atomic E-state index is 0.0432. The first-order valence-corrected chi connectivity index (χ1v) is 19.0. The lowest BCUT2D eigenvalue weighted by molar-refractivity contribution is -0.163. The van der Waals surface area contributed by atoms with Gasteiger partial charge in [0.05, 0.1) is 17.2 Å². The SMILES string of the molecule is Cc1c(COc2cc(OCc3cncc(C#N)c3)c(CN[C@@H](CO)C(=O)O)cc2Cl)cccc1-c1cccc2c1CCN2CCCN1CCC(O)(C(=O)O)CC1. The number of carboxylic acid groups (broad SMARTS) is 2. The molecule has 14 heteroatoms. The first-order valence-electron chi connectivity index (χ1n) is 18.6. The molecule has 294 valence electrons. The summed E-state index contributed by atoms with van der Waals surface area (Å²) in [6.07, 6.45) is 5.40. The van der Waals surface area contributed by atoms with Crippen molar-refractivity contribution < 1.29 is 39.5 Å². The first-order chi connectivity index (χ1) is 27.0. The van der Waals surface area contributed by atoms with Gasteiger partial charge in [-0.05, 0) is 85.2 Å². The summed E-state index contributed by atoms with van der Waals surface area (Å²) in [5, 5.41) is 50.9. The molecule has 3 aromatic carbocycles. The zero-order valence-corrected chi connectivity index (χ0v) is 32.0. The van der Waals surface area contributed by atoms with E-state index in [9.17, 15) is 35.3 Å². The predicted octanol–water partition coefficient (Wildman–Crippen LogP) is 4.94. The monoisotopic (exact) mass is 783 g/mol. The third kappa shape index (κ3) is 9.41. The number of piperidine rings is 1. The molecule has 1 saturated heterocycles. The number of carbonyl (C=O) groups is 2. The number of fused-ring (bicyclic) bond motifs is 1. The highest BCUT2D eigenvalue weighted by molar-refractivity contribution is 6.32. The van der Waals surface area contributed by atoms with Gasteiger partial charge in [0.15, 0.2) is 5.60 Å². The second-order valence-electron chi connectivity index (χ2n) is 14.3. The van der Waals surface area contributed by atoms with Crippen LogP contribution in [-0.4, -0.2) is 93.2 Å². The van der Waals surface area contributed by atoms with Crippen molar-refractivity contribution in [1.82, 2.24) is 15.2 Å². The van der Waals surface area contributed by atoms with Crippen molar-refractivity contribution in [2.45, 2.75) is 64.0 Å². The second kappa shape index (κ2) is 18.1. The predicted molar refractivity (Wildman–Crippen MR) is 210 cm³/mol. The van der Waals surface area contributed by atoms with Crippen LogP contribution < -0.4 is 19.7 Å². The summed E-state index contributed by atoms with van der Waals surface area (Å²) in [4.78, 5) is 31.7. The zero-order valence-electron chi connectivity index (χ0n) is 31.2. The van der Waals surface area contributed by atoms with Crippen molar-refractivity contribution in [2.75, 3.05) is 44.2 Å². The van der Waals surface area contributed by atoms with E-state index < -0.39 is 30.2 Å². The number of aliphatic hydroxyl groups excluding tert-OH is 1. The maximum absolute atomic E-state index is 11.5. The van der Waals surface area contributed by atoms with Gasteiger partial charge in [-0.25, -0.2) is 4.79 Å². The molecule has 13 nitrogen and oxygen atoms in total. The number of nitriles is 1. The molecule has 0 saturated carbocycles. The molecule has 0 aliphatic carbocycles. The van der Waals surface area contributed by atoms with Gasteiger partial charge in [0, 0.05) is 68.0 Å². The van der Waals surface area contributed by atoms with Crippen LogP contribution in [0.4, 0.5) is 5.69 Å². The molecule has 0 unspecified atom stereocenters. The molecule has 1 aromatic heterocycles. The maximum atomic E-state index is 11.5. The summed E-state index contributed by atoms with van der Waals surface area (Å²) >= 11 is 6.72. The van der Waals surface area contributed by atoms with E-state index in [1.165, 1.54) is 23.0 Å². The highest BCUT2D eigenvalue weighted by atomic mass is 35.5. The minimum atomic E-state index is -1.61. The number of ether oxygens (including phenoxy) is 2. The third-order valence-corrected chi connectivity index (χ3v) is 11.0. The Morgan fingerprint density at radius 2 is 1.73 bits per heavy atom. The topological polar surface area (TPSA) is 189 Å². The number of benzene rings is 3. The molecule has 56 heavy (non-hydrogen) atoms. The van der Waals surface area contributed by atoms with Gasteiger partial charge in [-0.1, -0.05) is 41.9 Å². The average molecular weight is 784 g/mol. The fraction of sp³-hybridized carbons (Fsp3) is 0.381. The fourth-order valence-corrected chi connectivity index (χ4v) is 7.57. The summed E-state index contributed by atoms with van der Waals surface area (Å²) in [5.41, 5.74) is 6.86. The molecule has 1 atom stereocenters. The molecular weight excluding hydrogens is 738 g/mol. The van der Waals surface area contributed by atoms with Gasteiger partial charge in [-0.15, -0.1) is 0 Å². The average Bonchev–Trinajstić information content (AvgIpc) is 3.61. The minimum Gasteiger partial charge on any atom is -0.488 e. The lowest BCUT2D eigenvalue weighted by Gasteiger charge is -2.35. The van der Waals surface area contributed by atoms with Gasteiger partial charge in [-0.3, -0.25) is 15.1 Å². The number of rotatable bonds is 17. The Morgan fingerprint density at radius 1 is 0.982 bits per heavy atom. The molecule has 3 heterocycles. The number of nitrogens with one attached hydrogen (secondary N) is 1. The number of halogens is 1. The van der Waals surface area contributed by atoms with Crippen LogP contribution in [0.1, 0.15) is 52.6 Å². The maximum Gasteiger partial charge on any atom is 0.335 e. The first kappa shape index (κ1) is 40.4. The molecular formula is C42H46ClN5O8. The van der Waals surface area contributed by atoms with E-state index in [1.54, 1.807) is 24.4 Å². The van der Waals surface area contributed by atoms with Crippen molar-refractivity contribution in [3.05, 3.63) is 105 Å². The zero-order chi connectivity index (χ0) is 39.8. The van der Waals surface area contributed by atoms with Crippen molar-refractivity contribution in [1.29, 1.82) is 5.26 Å². The van der Waals surface area contributed by atoms with Crippen LogP contribution >= 0.6 is 11.6 Å². The van der Waals surface area contributed by atoms with Crippen LogP contribution in [0.5, 0.6) is 11.5 Å². The number of aromatic nitrogens is 1. The smallest absolute Gasteiger partial charge is 0.335 e. The Bertz CT molecular complexity index is 2100. The summed E-state index contributed by atoms with van der Waals surface area (Å²) in [6, 6.07) is 18.4. The molecule has 1 fully saturated rings. The number of aliphatic carboxylic acids is 2. The van der Waals surface area contributed by atoms with E-state index in [1.807, 2.05) is 12.1 Å². The third-order valence-electron chi connectivity index (χ3n) is 10.7. The van der Waals surface area contributed by atoms with Crippen molar-refractivity contribution in [3.8, 4) is 28.7 Å². The van der Waals surface area contributed by atoms with Gasteiger partial charge >= 0.3 is 11.9 Å². The number of nitrogens with zero attached hydrogens (tertiary/aromatic N) is 4. The molecule has 0 spiro atoms. The standard InChI is InChI=1S/C42H46ClN5O8/c1-27-30(26-56-39-19-38(55-25-29-17-28(20-44)21-45-22-29)31(18-35(39)43)23-46-36(24-49)40(50)51)5-2-6-32(27)33-7-3-8-37-34(33)9-14-48(37)13-4-12-47-15-10-42(54,11-16-47)41(52)53/h2-3,5-8,17-19,21-22,36,46,49,54H,4,9-16,23-26H2,1H3,(H,50,51)(H,52,53)/t36-/m0/s1. The normalized spacial score (nSPS) is 15.5. The van der Waals surface area contributed by atoms with Gasteiger partial charge in [-0.2, -0.15) is 5.26 Å². The quantitative estimate of drug-likeness (QED) is 0.0970. The number of carboxylic acids is 2. The lowest BCUT2D eigenvalue weighted by atomic mass is 9.91. The number of pyridine rings is 1. The molecule has 5 N–H and O–H groups in total. The largest absolute Gasteiger partial charge is 0.488 e. The number of anilines is 1. The van der Waals surface area contributed by atoms with Crippen molar-refractivity contribution >= 4 is 29.2 Å². The Kier molecular flexibility index (Phi) is 13.1. The molecule has 2 aliphatic heterocycles. The number of aliphatic hydroxyl groups is 2. The Balaban J connectivity index is 1.14. The summed E-state index contributed by atoms with van der Waals surface area (Å²) in [7, 11) is 0. The summed E-state index contributed by atoms with van der Waals surface area (Å²) < 4.78 is 12.5. The molecule has 2 aliphatic rings. The molecule has 0 radical (unpaired) electrons. The Morgan fingerprint density at radius 3 is 2.46 bits per heavy atom. The van der Waals surface area contributed by atoms with Crippen molar-refractivity contribution in [3.63, 3.8) is 0 Å². The van der Waals surface area contributed by atoms with E-state index in [-0.39, 0.29) is 32.6 Å². The number of hydrogen-bond donors (Lipinski definition) is 5. The summed E-state index contributed by atoms with van der Waals surface area (Å²) in [5.74, 6) is -1.57. The van der Waals surface area contributed by atoms with E-state index in [4.69, 9.17) is 21.1 Å². The van der Waals surface area contributed by atoms with Crippen molar-refractivity contribution in [2.24, 2.45) is 0 Å². The van der Waals surface area contributed by atoms with E-state index in [0.29, 0.717) is 46.3 Å². The van der Waals surface area contributed by atoms with Crippen LogP contribution in [0.25, 0.3) is 11.1 Å². The second-order valence-corrected chi connectivity index (χ2v) is 14.7. The Labute approximate surface area is 330 Å². The van der Waals surface area contributed by atoms with Crippen LogP contribution in [0.3, 0.4) is 0 Å². The van der Waals surface area contributed by atoms with Crippen LogP contribution in [0.2, 0.25) is 5.02 Å². The molecule has 6 rings (SSSR count). The lowest BCUT2D eigenvalue weighted by Crippen LogP contribution is -2.49. The molecule has 0 bridgehead atoms. The van der Waals surface area contributed by atoms with Gasteiger partial charge in [0.2, 0.25) is 0 Å². The highest BCUT2D eigenvalue weighted by Gasteiger charge is 2.39. The fourth-order valence-electron chi connectivity index (χ4n) is 7.33. The van der Waals surface area contributed by atoms with Crippen LogP contribution in [0.15, 0.2) is 67.0 Å². The van der Waals surface area contributed by atoms with Gasteiger partial charge in [0.1, 0.15) is 36.8 Å². The van der Waals surface area contributed by atoms with Gasteiger partial charge < -0.3 is 39.7 Å². The van der Waals surface area contributed by atoms with E-state index >= 15 is 0 Å².